The van der Waals surface area contributed by atoms with E-state index in [2.05, 4.69) is 10.3 Å². The van der Waals surface area contributed by atoms with Gasteiger partial charge in [0, 0.05) is 18.3 Å². The molecule has 6 heteroatoms. The molecule has 0 radical (unpaired) electrons. The lowest BCUT2D eigenvalue weighted by Gasteiger charge is -2.28. The van der Waals surface area contributed by atoms with Crippen LogP contribution in [0.3, 0.4) is 0 Å². The molecular weight excluding hydrogens is 369 g/mol. The maximum Gasteiger partial charge on any atom is 0.255 e. The molecule has 0 saturated heterocycles. The number of nitrogens with one attached hydrogen (secondary N) is 1. The molecule has 3 aromatic rings. The van der Waals surface area contributed by atoms with E-state index in [0.29, 0.717) is 23.5 Å². The quantitative estimate of drug-likeness (QED) is 0.709. The molecule has 2 aromatic carbocycles. The molecule has 1 aliphatic rings. The minimum absolute atomic E-state index is 0.0426. The zero-order valence-corrected chi connectivity index (χ0v) is 15.9. The Kier molecular flexibility index (Phi) is 5.08. The first-order valence-corrected chi connectivity index (χ1v) is 9.38. The Labute approximate surface area is 168 Å². The van der Waals surface area contributed by atoms with E-state index < -0.39 is 6.04 Å². The van der Waals surface area contributed by atoms with Crippen LogP contribution < -0.4 is 5.32 Å². The van der Waals surface area contributed by atoms with Gasteiger partial charge >= 0.3 is 0 Å². The van der Waals surface area contributed by atoms with E-state index in [-0.39, 0.29) is 24.1 Å². The molecule has 146 valence electrons. The minimum Gasteiger partial charge on any atom is -0.327 e. The molecular formula is C23H20FN3O2. The van der Waals surface area contributed by atoms with Crippen molar-refractivity contribution in [3.05, 3.63) is 94.9 Å². The number of pyridine rings is 1. The standard InChI is InChI=1S/C23H20FN3O2/c1-15-10-11-25-21(12-15)26-22(28)13-20(16-6-8-18(24)9-7-16)27-14-17-4-2-3-5-19(17)23(27)29/h2-12,20H,13-14H2,1H3,(H,25,26,28)/t20-/m1/s1. The average Bonchev–Trinajstić information content (AvgIpc) is 3.04. The summed E-state index contributed by atoms with van der Waals surface area (Å²) in [7, 11) is 0. The number of nitrogens with zero attached hydrogens (tertiary/aromatic N) is 2. The fourth-order valence-corrected chi connectivity index (χ4v) is 3.60. The Morgan fingerprint density at radius 3 is 2.66 bits per heavy atom. The minimum atomic E-state index is -0.514. The van der Waals surface area contributed by atoms with E-state index in [1.165, 1.54) is 12.1 Å². The molecule has 0 saturated carbocycles. The number of halogens is 1. The first-order valence-electron chi connectivity index (χ1n) is 9.38. The first-order chi connectivity index (χ1) is 14.0. The van der Waals surface area contributed by atoms with E-state index in [9.17, 15) is 14.0 Å². The molecule has 29 heavy (non-hydrogen) atoms. The zero-order valence-electron chi connectivity index (χ0n) is 15.9. The van der Waals surface area contributed by atoms with Gasteiger partial charge in [0.25, 0.3) is 5.91 Å². The van der Waals surface area contributed by atoms with Gasteiger partial charge in [-0.15, -0.1) is 0 Å². The van der Waals surface area contributed by atoms with Crippen molar-refractivity contribution in [3.63, 3.8) is 0 Å². The number of aryl methyl sites for hydroxylation is 1. The third-order valence-corrected chi connectivity index (χ3v) is 5.04. The number of anilines is 1. The van der Waals surface area contributed by atoms with Crippen LogP contribution in [0.5, 0.6) is 0 Å². The highest BCUT2D eigenvalue weighted by atomic mass is 19.1. The Morgan fingerprint density at radius 1 is 1.17 bits per heavy atom. The van der Waals surface area contributed by atoms with Gasteiger partial charge in [-0.25, -0.2) is 9.37 Å². The second kappa shape index (κ2) is 7.83. The monoisotopic (exact) mass is 389 g/mol. The number of benzene rings is 2. The lowest BCUT2D eigenvalue weighted by atomic mass is 10.0. The second-order valence-electron chi connectivity index (χ2n) is 7.13. The second-order valence-corrected chi connectivity index (χ2v) is 7.13. The molecule has 0 spiro atoms. The van der Waals surface area contributed by atoms with E-state index in [1.807, 2.05) is 31.2 Å². The van der Waals surface area contributed by atoms with Crippen molar-refractivity contribution in [1.82, 2.24) is 9.88 Å². The molecule has 5 nitrogen and oxygen atoms in total. The highest BCUT2D eigenvalue weighted by Crippen LogP contribution is 2.33. The zero-order chi connectivity index (χ0) is 20.4. The summed E-state index contributed by atoms with van der Waals surface area (Å²) in [5.74, 6) is -0.293. The fraction of sp³-hybridized carbons (Fsp3) is 0.174. The van der Waals surface area contributed by atoms with E-state index in [0.717, 1.165) is 11.1 Å². The van der Waals surface area contributed by atoms with Crippen molar-refractivity contribution in [2.24, 2.45) is 0 Å². The van der Waals surface area contributed by atoms with Crippen molar-refractivity contribution in [2.45, 2.75) is 25.9 Å². The topological polar surface area (TPSA) is 62.3 Å². The molecule has 0 fully saturated rings. The third-order valence-electron chi connectivity index (χ3n) is 5.04. The Hall–Kier alpha value is -3.54. The van der Waals surface area contributed by atoms with Gasteiger partial charge in [0.05, 0.1) is 12.5 Å². The number of carbonyl (C=O) groups excluding carboxylic acids is 2. The molecule has 1 aromatic heterocycles. The van der Waals surface area contributed by atoms with Crippen molar-refractivity contribution < 1.29 is 14.0 Å². The Morgan fingerprint density at radius 2 is 1.93 bits per heavy atom. The highest BCUT2D eigenvalue weighted by Gasteiger charge is 2.34. The number of fused-ring (bicyclic) bond motifs is 1. The van der Waals surface area contributed by atoms with Crippen LogP contribution in [0.25, 0.3) is 0 Å². The van der Waals surface area contributed by atoms with Crippen molar-refractivity contribution >= 4 is 17.6 Å². The molecule has 0 aliphatic carbocycles. The van der Waals surface area contributed by atoms with Gasteiger partial charge in [0.15, 0.2) is 0 Å². The summed E-state index contributed by atoms with van der Waals surface area (Å²) in [5.41, 5.74) is 3.25. The Bertz CT molecular complexity index is 1070. The van der Waals surface area contributed by atoms with Crippen molar-refractivity contribution in [2.75, 3.05) is 5.32 Å². The van der Waals surface area contributed by atoms with E-state index in [1.54, 1.807) is 35.4 Å². The molecule has 2 heterocycles. The van der Waals surface area contributed by atoms with Gasteiger partial charge < -0.3 is 10.2 Å². The predicted molar refractivity (Wildman–Crippen MR) is 108 cm³/mol. The summed E-state index contributed by atoms with van der Waals surface area (Å²) in [6.07, 6.45) is 1.67. The maximum absolute atomic E-state index is 13.4. The smallest absolute Gasteiger partial charge is 0.255 e. The SMILES string of the molecule is Cc1ccnc(NC(=O)C[C@H](c2ccc(F)cc2)N2Cc3ccccc3C2=O)c1. The lowest BCUT2D eigenvalue weighted by Crippen LogP contribution is -2.32. The fourth-order valence-electron chi connectivity index (χ4n) is 3.60. The third kappa shape index (κ3) is 4.01. The van der Waals surface area contributed by atoms with Gasteiger partial charge in [-0.3, -0.25) is 9.59 Å². The van der Waals surface area contributed by atoms with Gasteiger partial charge in [0.2, 0.25) is 5.91 Å². The van der Waals surface area contributed by atoms with Gasteiger partial charge in [-0.2, -0.15) is 0 Å². The highest BCUT2D eigenvalue weighted by molar-refractivity contribution is 5.99. The summed E-state index contributed by atoms with van der Waals surface area (Å²) in [4.78, 5) is 31.5. The lowest BCUT2D eigenvalue weighted by molar-refractivity contribution is -0.117. The van der Waals surface area contributed by atoms with Gasteiger partial charge in [-0.1, -0.05) is 30.3 Å². The molecule has 0 unspecified atom stereocenters. The van der Waals surface area contributed by atoms with Crippen LogP contribution in [0.15, 0.2) is 66.9 Å². The first kappa shape index (κ1) is 18.8. The molecule has 0 bridgehead atoms. The van der Waals surface area contributed by atoms with Gasteiger partial charge in [-0.05, 0) is 53.9 Å². The van der Waals surface area contributed by atoms with Crippen molar-refractivity contribution in [1.29, 1.82) is 0 Å². The molecule has 1 N–H and O–H groups in total. The number of hydrogen-bond donors (Lipinski definition) is 1. The van der Waals surface area contributed by atoms with Crippen LogP contribution >= 0.6 is 0 Å². The molecule has 4 rings (SSSR count). The number of amides is 2. The van der Waals surface area contributed by atoms with Crippen LogP contribution in [0.1, 0.15) is 39.5 Å². The number of rotatable bonds is 5. The summed E-state index contributed by atoms with van der Waals surface area (Å²) in [6.45, 7) is 2.33. The predicted octanol–water partition coefficient (Wildman–Crippen LogP) is 4.26. The average molecular weight is 389 g/mol. The van der Waals surface area contributed by atoms with E-state index >= 15 is 0 Å². The number of carbonyl (C=O) groups is 2. The van der Waals surface area contributed by atoms with Crippen LogP contribution in [0, 0.1) is 12.7 Å². The molecule has 1 aliphatic heterocycles. The summed E-state index contributed by atoms with van der Waals surface area (Å²) < 4.78 is 13.4. The van der Waals surface area contributed by atoms with Crippen LogP contribution in [0.4, 0.5) is 10.2 Å². The summed E-state index contributed by atoms with van der Waals surface area (Å²) in [5, 5.41) is 2.79. The van der Waals surface area contributed by atoms with Crippen LogP contribution in [0.2, 0.25) is 0 Å². The van der Waals surface area contributed by atoms with Gasteiger partial charge in [0.1, 0.15) is 11.6 Å². The maximum atomic E-state index is 13.4. The molecule has 1 atom stereocenters. The largest absolute Gasteiger partial charge is 0.327 e. The van der Waals surface area contributed by atoms with E-state index in [4.69, 9.17) is 0 Å². The summed E-state index contributed by atoms with van der Waals surface area (Å²) in [6, 6.07) is 16.4. The molecule has 2 amide bonds. The number of hydrogen-bond acceptors (Lipinski definition) is 3. The Balaban J connectivity index is 1.60. The van der Waals surface area contributed by atoms with Crippen LogP contribution in [-0.2, 0) is 11.3 Å². The normalized spacial score (nSPS) is 13.9. The van der Waals surface area contributed by atoms with Crippen LogP contribution in [-0.4, -0.2) is 21.7 Å². The number of aromatic nitrogens is 1. The summed E-state index contributed by atoms with van der Waals surface area (Å²) >= 11 is 0. The van der Waals surface area contributed by atoms with Crippen molar-refractivity contribution in [3.8, 4) is 0 Å².